The highest BCUT2D eigenvalue weighted by Crippen LogP contribution is 2.18. The summed E-state index contributed by atoms with van der Waals surface area (Å²) in [6, 6.07) is 4.17. The van der Waals surface area contributed by atoms with Gasteiger partial charge in [-0.1, -0.05) is 13.0 Å². The van der Waals surface area contributed by atoms with Gasteiger partial charge in [-0.3, -0.25) is 4.79 Å². The van der Waals surface area contributed by atoms with Crippen molar-refractivity contribution in [3.05, 3.63) is 22.4 Å². The fraction of sp³-hybridized carbons (Fsp3) is 0.615. The van der Waals surface area contributed by atoms with E-state index in [-0.39, 0.29) is 11.9 Å². The summed E-state index contributed by atoms with van der Waals surface area (Å²) in [6.07, 6.45) is 2.50. The van der Waals surface area contributed by atoms with Gasteiger partial charge in [0.2, 0.25) is 5.91 Å². The number of carbonyl (C=O) groups excluding carboxylic acids is 1. The first kappa shape index (κ1) is 14.2. The largest absolute Gasteiger partial charge is 0.349 e. The van der Waals surface area contributed by atoms with Crippen molar-refractivity contribution in [1.82, 2.24) is 5.32 Å². The Labute approximate surface area is 107 Å². The molecular weight excluding hydrogens is 232 g/mol. The van der Waals surface area contributed by atoms with Crippen LogP contribution in [0, 0.1) is 5.92 Å². The first-order chi connectivity index (χ1) is 8.13. The molecule has 0 aliphatic carbocycles. The predicted molar refractivity (Wildman–Crippen MR) is 72.9 cm³/mol. The van der Waals surface area contributed by atoms with E-state index >= 15 is 0 Å². The third-order valence-electron chi connectivity index (χ3n) is 2.87. The van der Waals surface area contributed by atoms with E-state index in [1.165, 1.54) is 4.88 Å². The van der Waals surface area contributed by atoms with Gasteiger partial charge in [0.25, 0.3) is 0 Å². The highest BCUT2D eigenvalue weighted by atomic mass is 32.1. The van der Waals surface area contributed by atoms with E-state index in [4.69, 9.17) is 5.73 Å². The second-order valence-electron chi connectivity index (χ2n) is 4.53. The first-order valence-electron chi connectivity index (χ1n) is 6.16. The molecule has 0 spiro atoms. The summed E-state index contributed by atoms with van der Waals surface area (Å²) in [4.78, 5) is 12.9. The molecule has 2 atom stereocenters. The van der Waals surface area contributed by atoms with Crippen LogP contribution >= 0.6 is 11.3 Å². The minimum absolute atomic E-state index is 0.118. The molecule has 1 amide bonds. The van der Waals surface area contributed by atoms with Gasteiger partial charge in [-0.2, -0.15) is 0 Å². The standard InChI is InChI=1S/C13H22N2OS/c1-10(7-8-14)5-6-13(16)15-11(2)12-4-3-9-17-12/h3-4,9-11H,5-8,14H2,1-2H3,(H,15,16)/t10?,11-/m1/s1. The van der Waals surface area contributed by atoms with Gasteiger partial charge in [0.1, 0.15) is 0 Å². The molecule has 0 bridgehead atoms. The monoisotopic (exact) mass is 254 g/mol. The number of amides is 1. The van der Waals surface area contributed by atoms with Crippen LogP contribution in [-0.2, 0) is 4.79 Å². The molecule has 1 heterocycles. The second-order valence-corrected chi connectivity index (χ2v) is 5.51. The lowest BCUT2D eigenvalue weighted by molar-refractivity contribution is -0.122. The molecule has 0 fully saturated rings. The lowest BCUT2D eigenvalue weighted by Gasteiger charge is -2.14. The predicted octanol–water partition coefficient (Wildman–Crippen LogP) is 2.69. The molecule has 3 nitrogen and oxygen atoms in total. The van der Waals surface area contributed by atoms with Gasteiger partial charge >= 0.3 is 0 Å². The molecule has 0 radical (unpaired) electrons. The minimum Gasteiger partial charge on any atom is -0.349 e. The van der Waals surface area contributed by atoms with Crippen LogP contribution in [0.2, 0.25) is 0 Å². The molecule has 1 aromatic rings. The van der Waals surface area contributed by atoms with Crippen molar-refractivity contribution in [1.29, 1.82) is 0 Å². The van der Waals surface area contributed by atoms with Crippen LogP contribution in [-0.4, -0.2) is 12.5 Å². The lowest BCUT2D eigenvalue weighted by Crippen LogP contribution is -2.26. The molecule has 1 aromatic heterocycles. The Morgan fingerprint density at radius 3 is 2.82 bits per heavy atom. The van der Waals surface area contributed by atoms with E-state index in [0.717, 1.165) is 12.8 Å². The van der Waals surface area contributed by atoms with Crippen LogP contribution < -0.4 is 11.1 Å². The number of rotatable bonds is 7. The number of carbonyl (C=O) groups is 1. The molecule has 0 saturated heterocycles. The zero-order chi connectivity index (χ0) is 12.7. The zero-order valence-corrected chi connectivity index (χ0v) is 11.4. The van der Waals surface area contributed by atoms with Crippen LogP contribution in [0.4, 0.5) is 0 Å². The number of nitrogens with one attached hydrogen (secondary N) is 1. The lowest BCUT2D eigenvalue weighted by atomic mass is 10.0. The summed E-state index contributed by atoms with van der Waals surface area (Å²) in [5.41, 5.74) is 5.48. The van der Waals surface area contributed by atoms with Gasteiger partial charge in [0.15, 0.2) is 0 Å². The average molecular weight is 254 g/mol. The van der Waals surface area contributed by atoms with Crippen molar-refractivity contribution < 1.29 is 4.79 Å². The number of hydrogen-bond donors (Lipinski definition) is 2. The van der Waals surface area contributed by atoms with Crippen molar-refractivity contribution in [3.8, 4) is 0 Å². The van der Waals surface area contributed by atoms with Gasteiger partial charge in [0, 0.05) is 11.3 Å². The maximum absolute atomic E-state index is 11.7. The summed E-state index contributed by atoms with van der Waals surface area (Å²) >= 11 is 1.67. The van der Waals surface area contributed by atoms with Gasteiger partial charge in [-0.05, 0) is 43.7 Å². The second kappa shape index (κ2) is 7.45. The van der Waals surface area contributed by atoms with Crippen molar-refractivity contribution in [2.75, 3.05) is 6.54 Å². The fourth-order valence-electron chi connectivity index (χ4n) is 1.73. The van der Waals surface area contributed by atoms with E-state index in [1.54, 1.807) is 11.3 Å². The van der Waals surface area contributed by atoms with Gasteiger partial charge in [-0.15, -0.1) is 11.3 Å². The molecule has 0 aliphatic rings. The summed E-state index contributed by atoms with van der Waals surface area (Å²) in [5, 5.41) is 5.05. The molecule has 1 unspecified atom stereocenters. The third-order valence-corrected chi connectivity index (χ3v) is 3.93. The van der Waals surface area contributed by atoms with Gasteiger partial charge < -0.3 is 11.1 Å². The van der Waals surface area contributed by atoms with Crippen LogP contribution in [0.5, 0.6) is 0 Å². The van der Waals surface area contributed by atoms with Crippen molar-refractivity contribution >= 4 is 17.2 Å². The average Bonchev–Trinajstić information content (AvgIpc) is 2.80. The van der Waals surface area contributed by atoms with E-state index in [0.29, 0.717) is 18.9 Å². The van der Waals surface area contributed by atoms with E-state index in [1.807, 2.05) is 24.4 Å². The molecule has 1 rings (SSSR count). The highest BCUT2D eigenvalue weighted by molar-refractivity contribution is 7.10. The number of thiophene rings is 1. The molecular formula is C13H22N2OS. The maximum atomic E-state index is 11.7. The quantitative estimate of drug-likeness (QED) is 0.786. The minimum atomic E-state index is 0.118. The Bertz CT molecular complexity index is 324. The normalized spacial score (nSPS) is 14.3. The highest BCUT2D eigenvalue weighted by Gasteiger charge is 2.11. The van der Waals surface area contributed by atoms with Crippen molar-refractivity contribution in [2.24, 2.45) is 11.7 Å². The third kappa shape index (κ3) is 5.33. The summed E-state index contributed by atoms with van der Waals surface area (Å²) in [5.74, 6) is 0.664. The van der Waals surface area contributed by atoms with E-state index in [2.05, 4.69) is 12.2 Å². The number of hydrogen-bond acceptors (Lipinski definition) is 3. The Morgan fingerprint density at radius 1 is 1.47 bits per heavy atom. The smallest absolute Gasteiger partial charge is 0.220 e. The SMILES string of the molecule is CC(CCN)CCC(=O)N[C@H](C)c1cccs1. The molecule has 4 heteroatoms. The van der Waals surface area contributed by atoms with Crippen molar-refractivity contribution in [2.45, 2.75) is 39.2 Å². The van der Waals surface area contributed by atoms with Gasteiger partial charge in [0.05, 0.1) is 6.04 Å². The summed E-state index contributed by atoms with van der Waals surface area (Å²) < 4.78 is 0. The summed E-state index contributed by atoms with van der Waals surface area (Å²) in [7, 11) is 0. The molecule has 0 aliphatic heterocycles. The Morgan fingerprint density at radius 2 is 2.24 bits per heavy atom. The molecule has 0 saturated carbocycles. The molecule has 17 heavy (non-hydrogen) atoms. The van der Waals surface area contributed by atoms with Crippen LogP contribution in [0.25, 0.3) is 0 Å². The first-order valence-corrected chi connectivity index (χ1v) is 7.04. The summed E-state index contributed by atoms with van der Waals surface area (Å²) in [6.45, 7) is 4.87. The zero-order valence-electron chi connectivity index (χ0n) is 10.6. The Balaban J connectivity index is 2.25. The molecule has 96 valence electrons. The van der Waals surface area contributed by atoms with Crippen LogP contribution in [0.15, 0.2) is 17.5 Å². The van der Waals surface area contributed by atoms with Crippen LogP contribution in [0.1, 0.15) is 44.0 Å². The fourth-order valence-corrected chi connectivity index (χ4v) is 2.46. The number of nitrogens with two attached hydrogens (primary N) is 1. The Hall–Kier alpha value is -0.870. The van der Waals surface area contributed by atoms with Crippen LogP contribution in [0.3, 0.4) is 0 Å². The van der Waals surface area contributed by atoms with Crippen molar-refractivity contribution in [3.63, 3.8) is 0 Å². The van der Waals surface area contributed by atoms with E-state index < -0.39 is 0 Å². The molecule has 3 N–H and O–H groups in total. The molecule has 0 aromatic carbocycles. The van der Waals surface area contributed by atoms with E-state index in [9.17, 15) is 4.79 Å². The maximum Gasteiger partial charge on any atom is 0.220 e. The Kier molecular flexibility index (Phi) is 6.22. The topological polar surface area (TPSA) is 55.1 Å². The van der Waals surface area contributed by atoms with Gasteiger partial charge in [-0.25, -0.2) is 0 Å².